The molecule has 1 saturated heterocycles. The number of nitrogens with zero attached hydrogens (tertiary/aromatic N) is 1. The lowest BCUT2D eigenvalue weighted by Crippen LogP contribution is -2.55. The van der Waals surface area contributed by atoms with E-state index in [4.69, 9.17) is 4.74 Å². The lowest BCUT2D eigenvalue weighted by atomic mass is 9.95. The molecule has 9 heteroatoms. The second kappa shape index (κ2) is 9.75. The normalized spacial score (nSPS) is 19.3. The highest BCUT2D eigenvalue weighted by atomic mass is 32.2. The van der Waals surface area contributed by atoms with E-state index in [1.54, 1.807) is 40.1 Å². The first-order chi connectivity index (χ1) is 17.0. The van der Waals surface area contributed by atoms with Gasteiger partial charge in [0.05, 0.1) is 23.9 Å². The summed E-state index contributed by atoms with van der Waals surface area (Å²) >= 11 is 3.17. The van der Waals surface area contributed by atoms with Crippen LogP contribution < -0.4 is 15.4 Å². The molecule has 1 fully saturated rings. The van der Waals surface area contributed by atoms with Crippen molar-refractivity contribution in [3.63, 3.8) is 0 Å². The van der Waals surface area contributed by atoms with Gasteiger partial charge in [0.2, 0.25) is 5.91 Å². The summed E-state index contributed by atoms with van der Waals surface area (Å²) in [5, 5.41) is 9.99. The summed E-state index contributed by atoms with van der Waals surface area (Å²) in [6.07, 6.45) is 2.87. The van der Waals surface area contributed by atoms with Crippen molar-refractivity contribution in [1.82, 2.24) is 10.2 Å². The molecule has 2 atom stereocenters. The Morgan fingerprint density at radius 1 is 1.17 bits per heavy atom. The fourth-order valence-corrected chi connectivity index (χ4v) is 5.74. The fourth-order valence-electron chi connectivity index (χ4n) is 4.65. The van der Waals surface area contributed by atoms with Crippen LogP contribution in [0.5, 0.6) is 5.75 Å². The molecule has 0 bridgehead atoms. The van der Waals surface area contributed by atoms with E-state index in [1.807, 2.05) is 47.3 Å². The van der Waals surface area contributed by atoms with Gasteiger partial charge in [0, 0.05) is 17.5 Å². The molecular weight excluding hydrogens is 482 g/mol. The van der Waals surface area contributed by atoms with Crippen LogP contribution in [0.1, 0.15) is 33.6 Å². The van der Waals surface area contributed by atoms with Gasteiger partial charge in [0.1, 0.15) is 11.8 Å². The van der Waals surface area contributed by atoms with Gasteiger partial charge in [-0.05, 0) is 77.4 Å². The molecule has 7 nitrogen and oxygen atoms in total. The van der Waals surface area contributed by atoms with E-state index in [0.29, 0.717) is 42.0 Å². The van der Waals surface area contributed by atoms with Crippen molar-refractivity contribution in [2.45, 2.75) is 29.8 Å². The first kappa shape index (κ1) is 23.4. The molecule has 35 heavy (non-hydrogen) atoms. The number of nitrogens with one attached hydrogen (secondary N) is 2. The number of thiophene rings is 1. The van der Waals surface area contributed by atoms with Gasteiger partial charge in [-0.15, -0.1) is 11.8 Å². The summed E-state index contributed by atoms with van der Waals surface area (Å²) in [5.41, 5.74) is 3.44. The second-order valence-electron chi connectivity index (χ2n) is 8.54. The SMILES string of the molecule is COc1cc(SC)ccc1C(=O)NC1CCN2C(=O)c3cc(-c4ccsc4)ccc3NC(=O)C2C1. The van der Waals surface area contributed by atoms with Crippen LogP contribution in [0.25, 0.3) is 11.1 Å². The van der Waals surface area contributed by atoms with Crippen LogP contribution in [-0.2, 0) is 4.79 Å². The van der Waals surface area contributed by atoms with Crippen molar-refractivity contribution in [2.24, 2.45) is 0 Å². The third-order valence-corrected chi connectivity index (χ3v) is 7.93. The van der Waals surface area contributed by atoms with E-state index in [-0.39, 0.29) is 23.8 Å². The maximum absolute atomic E-state index is 13.5. The standard InChI is InChI=1S/C26H25N3O4S2/c1-33-23-13-18(34-2)4-5-19(23)24(30)27-17-7-9-29-22(12-17)25(31)28-21-6-3-15(11-20(21)26(29)32)16-8-10-35-14-16/h3-6,8,10-11,13-14,17,22H,7,9,12H2,1-2H3,(H,27,30)(H,28,31). The predicted molar refractivity (Wildman–Crippen MR) is 138 cm³/mol. The number of rotatable bonds is 5. The predicted octanol–water partition coefficient (Wildman–Crippen LogP) is 4.50. The first-order valence-corrected chi connectivity index (χ1v) is 13.5. The number of benzene rings is 2. The first-order valence-electron chi connectivity index (χ1n) is 11.3. The molecule has 2 aromatic carbocycles. The fraction of sp³-hybridized carbons (Fsp3) is 0.269. The monoisotopic (exact) mass is 507 g/mol. The number of ether oxygens (including phenoxy) is 1. The molecule has 3 heterocycles. The molecule has 5 rings (SSSR count). The average molecular weight is 508 g/mol. The summed E-state index contributed by atoms with van der Waals surface area (Å²) in [7, 11) is 1.54. The Bertz CT molecular complexity index is 1290. The zero-order valence-corrected chi connectivity index (χ0v) is 21.0. The minimum absolute atomic E-state index is 0.167. The van der Waals surface area contributed by atoms with Crippen molar-refractivity contribution >= 4 is 46.5 Å². The van der Waals surface area contributed by atoms with Crippen molar-refractivity contribution in [1.29, 1.82) is 0 Å². The Morgan fingerprint density at radius 3 is 2.77 bits per heavy atom. The molecule has 0 saturated carbocycles. The Hall–Kier alpha value is -3.30. The maximum atomic E-state index is 13.5. The summed E-state index contributed by atoms with van der Waals surface area (Å²) in [5.74, 6) is -0.149. The van der Waals surface area contributed by atoms with Crippen LogP contribution in [-0.4, -0.2) is 54.6 Å². The highest BCUT2D eigenvalue weighted by Crippen LogP contribution is 2.33. The van der Waals surface area contributed by atoms with Gasteiger partial charge in [-0.3, -0.25) is 14.4 Å². The van der Waals surface area contributed by atoms with Gasteiger partial charge in [0.15, 0.2) is 0 Å². The van der Waals surface area contributed by atoms with E-state index >= 15 is 0 Å². The topological polar surface area (TPSA) is 87.7 Å². The lowest BCUT2D eigenvalue weighted by molar-refractivity contribution is -0.121. The summed E-state index contributed by atoms with van der Waals surface area (Å²) in [6, 6.07) is 12.1. The second-order valence-corrected chi connectivity index (χ2v) is 10.2. The molecule has 3 aromatic rings. The van der Waals surface area contributed by atoms with E-state index < -0.39 is 6.04 Å². The molecule has 1 aromatic heterocycles. The average Bonchev–Trinajstić information content (AvgIpc) is 3.40. The van der Waals surface area contributed by atoms with Gasteiger partial charge in [0.25, 0.3) is 11.8 Å². The van der Waals surface area contributed by atoms with Crippen LogP contribution >= 0.6 is 23.1 Å². The molecule has 0 spiro atoms. The van der Waals surface area contributed by atoms with Crippen LogP contribution in [0.4, 0.5) is 5.69 Å². The van der Waals surface area contributed by atoms with E-state index in [0.717, 1.165) is 16.0 Å². The van der Waals surface area contributed by atoms with Gasteiger partial charge < -0.3 is 20.3 Å². The molecule has 3 amide bonds. The summed E-state index contributed by atoms with van der Waals surface area (Å²) in [4.78, 5) is 42.2. The van der Waals surface area contributed by atoms with Gasteiger partial charge >= 0.3 is 0 Å². The number of methoxy groups -OCH3 is 1. The van der Waals surface area contributed by atoms with Crippen LogP contribution in [0.15, 0.2) is 58.1 Å². The zero-order valence-electron chi connectivity index (χ0n) is 19.4. The molecular formula is C26H25N3O4S2. The van der Waals surface area contributed by atoms with Crippen molar-refractivity contribution < 1.29 is 19.1 Å². The Labute approximate surface area is 211 Å². The molecule has 180 valence electrons. The lowest BCUT2D eigenvalue weighted by Gasteiger charge is -2.37. The van der Waals surface area contributed by atoms with Crippen molar-refractivity contribution in [3.05, 3.63) is 64.4 Å². The van der Waals surface area contributed by atoms with Crippen LogP contribution in [0.2, 0.25) is 0 Å². The molecule has 2 aliphatic heterocycles. The Kier molecular flexibility index (Phi) is 6.53. The Balaban J connectivity index is 1.34. The molecule has 2 unspecified atom stereocenters. The number of carbonyl (C=O) groups excluding carboxylic acids is 3. The molecule has 0 aliphatic carbocycles. The highest BCUT2D eigenvalue weighted by Gasteiger charge is 2.40. The molecule has 0 radical (unpaired) electrons. The quantitative estimate of drug-likeness (QED) is 0.497. The summed E-state index contributed by atoms with van der Waals surface area (Å²) < 4.78 is 5.41. The Morgan fingerprint density at radius 2 is 2.03 bits per heavy atom. The van der Waals surface area contributed by atoms with E-state index in [1.165, 1.54) is 7.11 Å². The number of carbonyl (C=O) groups is 3. The minimum Gasteiger partial charge on any atom is -0.496 e. The number of anilines is 1. The number of hydrogen-bond donors (Lipinski definition) is 2. The third-order valence-electron chi connectivity index (χ3n) is 6.52. The number of fused-ring (bicyclic) bond motifs is 2. The highest BCUT2D eigenvalue weighted by molar-refractivity contribution is 7.98. The van der Waals surface area contributed by atoms with Gasteiger partial charge in [-0.25, -0.2) is 0 Å². The molecule has 2 aliphatic rings. The van der Waals surface area contributed by atoms with Gasteiger partial charge in [-0.1, -0.05) is 6.07 Å². The number of amides is 3. The smallest absolute Gasteiger partial charge is 0.256 e. The minimum atomic E-state index is -0.653. The van der Waals surface area contributed by atoms with Crippen LogP contribution in [0.3, 0.4) is 0 Å². The van der Waals surface area contributed by atoms with Crippen LogP contribution in [0, 0.1) is 0 Å². The molecule has 2 N–H and O–H groups in total. The maximum Gasteiger partial charge on any atom is 0.256 e. The third kappa shape index (κ3) is 4.53. The van der Waals surface area contributed by atoms with E-state index in [2.05, 4.69) is 10.6 Å². The zero-order chi connectivity index (χ0) is 24.5. The number of hydrogen-bond acceptors (Lipinski definition) is 6. The largest absolute Gasteiger partial charge is 0.496 e. The van der Waals surface area contributed by atoms with Crippen molar-refractivity contribution in [2.75, 3.05) is 25.2 Å². The van der Waals surface area contributed by atoms with Gasteiger partial charge in [-0.2, -0.15) is 11.3 Å². The number of thioether (sulfide) groups is 1. The summed E-state index contributed by atoms with van der Waals surface area (Å²) in [6.45, 7) is 0.381. The number of piperidine rings is 1. The van der Waals surface area contributed by atoms with Crippen molar-refractivity contribution in [3.8, 4) is 16.9 Å². The van der Waals surface area contributed by atoms with E-state index in [9.17, 15) is 14.4 Å².